The van der Waals surface area contributed by atoms with E-state index in [9.17, 15) is 30.0 Å². The third-order valence-corrected chi connectivity index (χ3v) is 10.9. The molecule has 0 saturated carbocycles. The summed E-state index contributed by atoms with van der Waals surface area (Å²) in [6.07, 6.45) is -4.56. The van der Waals surface area contributed by atoms with Gasteiger partial charge in [-0.25, -0.2) is 31.9 Å². The molecule has 4 N–H and O–H groups in total. The second-order valence-corrected chi connectivity index (χ2v) is 15.0. The Kier molecular flexibility index (Phi) is 9.96. The minimum absolute atomic E-state index is 0.00955. The quantitative estimate of drug-likeness (QED) is 0.216. The average Bonchev–Trinajstić information content (AvgIpc) is 3.02. The number of sulfonamides is 2. The predicted octanol–water partition coefficient (Wildman–Crippen LogP) is 4.29. The van der Waals surface area contributed by atoms with Crippen molar-refractivity contribution in [1.82, 2.24) is 24.2 Å². The van der Waals surface area contributed by atoms with E-state index in [2.05, 4.69) is 30.5 Å². The second kappa shape index (κ2) is 13.5. The molecule has 0 spiro atoms. The van der Waals surface area contributed by atoms with Crippen LogP contribution in [0.5, 0.6) is 0 Å². The van der Waals surface area contributed by atoms with Crippen molar-refractivity contribution in [2.24, 2.45) is 5.14 Å². The number of rotatable bonds is 10. The molecule has 0 radical (unpaired) electrons. The van der Waals surface area contributed by atoms with Gasteiger partial charge in [-0.1, -0.05) is 29.8 Å². The summed E-state index contributed by atoms with van der Waals surface area (Å²) in [6, 6.07) is 13.5. The summed E-state index contributed by atoms with van der Waals surface area (Å²) in [5, 5.41) is 10.4. The Balaban J connectivity index is 1.45. The van der Waals surface area contributed by atoms with E-state index in [0.717, 1.165) is 0 Å². The first kappa shape index (κ1) is 34.7. The van der Waals surface area contributed by atoms with Crippen LogP contribution in [-0.2, 0) is 26.6 Å². The molecule has 0 unspecified atom stereocenters. The third kappa shape index (κ3) is 8.28. The Morgan fingerprint density at radius 3 is 2.21 bits per heavy atom. The normalized spacial score (nSPS) is 15.3. The van der Waals surface area contributed by atoms with Gasteiger partial charge in [-0.2, -0.15) is 22.5 Å². The molecule has 1 saturated heterocycles. The predicted molar refractivity (Wildman–Crippen MR) is 173 cm³/mol. The van der Waals surface area contributed by atoms with E-state index >= 15 is 0 Å². The first-order chi connectivity index (χ1) is 22.0. The Labute approximate surface area is 275 Å². The van der Waals surface area contributed by atoms with Gasteiger partial charge in [-0.3, -0.25) is 4.90 Å². The zero-order valence-corrected chi connectivity index (χ0v) is 27.7. The number of hydrogen-bond donors (Lipinski definition) is 3. The van der Waals surface area contributed by atoms with Crippen LogP contribution in [0.3, 0.4) is 0 Å². The van der Waals surface area contributed by atoms with Crippen molar-refractivity contribution in [3.63, 3.8) is 0 Å². The number of hydrogen-bond acceptors (Lipinski definition) is 10. The van der Waals surface area contributed by atoms with Gasteiger partial charge >= 0.3 is 6.18 Å². The molecule has 252 valence electrons. The molecule has 5 rings (SSSR count). The van der Waals surface area contributed by atoms with Gasteiger partial charge < -0.3 is 10.6 Å². The Morgan fingerprint density at radius 2 is 1.60 bits per heavy atom. The summed E-state index contributed by atoms with van der Waals surface area (Å²) in [4.78, 5) is 15.1. The molecule has 2 aromatic heterocycles. The molecule has 47 heavy (non-hydrogen) atoms. The molecule has 1 aliphatic rings. The fourth-order valence-corrected chi connectivity index (χ4v) is 7.44. The third-order valence-electron chi connectivity index (χ3n) is 7.55. The summed E-state index contributed by atoms with van der Waals surface area (Å²) < 4.78 is 91.3. The highest BCUT2D eigenvalue weighted by atomic mass is 35.5. The van der Waals surface area contributed by atoms with Gasteiger partial charge in [-0.05, 0) is 55.8 Å². The molecular formula is C29H32ClF3N8O4S2. The molecule has 0 bridgehead atoms. The first-order valence-corrected chi connectivity index (χ1v) is 17.8. The fourth-order valence-electron chi connectivity index (χ4n) is 5.00. The molecule has 1 aliphatic heterocycles. The lowest BCUT2D eigenvalue weighted by Gasteiger charge is -2.36. The topological polar surface area (TPSA) is 164 Å². The number of benzene rings is 2. The molecule has 1 fully saturated rings. The van der Waals surface area contributed by atoms with Gasteiger partial charge in [0, 0.05) is 44.3 Å². The van der Waals surface area contributed by atoms with Crippen LogP contribution >= 0.6 is 11.6 Å². The fraction of sp³-hybridized carbons (Fsp3) is 0.345. The van der Waals surface area contributed by atoms with Crippen molar-refractivity contribution >= 4 is 54.4 Å². The van der Waals surface area contributed by atoms with Crippen molar-refractivity contribution in [1.29, 1.82) is 0 Å². The molecule has 0 atom stereocenters. The maximum atomic E-state index is 13.6. The lowest BCUT2D eigenvalue weighted by atomic mass is 10.1. The minimum Gasteiger partial charge on any atom is -0.359 e. The largest absolute Gasteiger partial charge is 0.405 e. The van der Waals surface area contributed by atoms with Gasteiger partial charge in [0.25, 0.3) is 0 Å². The zero-order valence-electron chi connectivity index (χ0n) is 25.3. The molecular weight excluding hydrogens is 681 g/mol. The number of primary sulfonamides is 1. The SMILES string of the molecule is CC(C)N1CCN(S(=O)(=O)c2cc(-c3ccc4nc(NCc5ccc(S(N)(=O)=O)cc5)nc(NCC(F)(F)F)c4n3)ccc2Cl)CC1. The Bertz CT molecular complexity index is 1990. The van der Waals surface area contributed by atoms with E-state index in [1.807, 2.05) is 13.8 Å². The van der Waals surface area contributed by atoms with E-state index in [4.69, 9.17) is 16.7 Å². The Morgan fingerprint density at radius 1 is 0.915 bits per heavy atom. The first-order valence-electron chi connectivity index (χ1n) is 14.4. The average molecular weight is 713 g/mol. The number of alkyl halides is 3. The van der Waals surface area contributed by atoms with Crippen LogP contribution in [-0.4, -0.2) is 85.9 Å². The number of nitrogens with two attached hydrogens (primary N) is 1. The summed E-state index contributed by atoms with van der Waals surface area (Å²) in [5.41, 5.74) is 1.52. The monoisotopic (exact) mass is 712 g/mol. The number of piperazine rings is 1. The van der Waals surface area contributed by atoms with Crippen molar-refractivity contribution < 1.29 is 30.0 Å². The molecule has 12 nitrogen and oxygen atoms in total. The van der Waals surface area contributed by atoms with Crippen molar-refractivity contribution in [3.8, 4) is 11.3 Å². The van der Waals surface area contributed by atoms with Gasteiger partial charge in [0.15, 0.2) is 5.82 Å². The molecule has 3 heterocycles. The number of anilines is 2. The second-order valence-electron chi connectivity index (χ2n) is 11.2. The molecule has 2 aromatic carbocycles. The van der Waals surface area contributed by atoms with E-state index in [0.29, 0.717) is 37.3 Å². The number of nitrogens with zero attached hydrogens (tertiary/aromatic N) is 5. The van der Waals surface area contributed by atoms with E-state index in [1.165, 1.54) is 46.8 Å². The summed E-state index contributed by atoms with van der Waals surface area (Å²) in [5.74, 6) is -0.212. The molecule has 0 amide bonds. The zero-order chi connectivity index (χ0) is 34.1. The maximum Gasteiger partial charge on any atom is 0.405 e. The van der Waals surface area contributed by atoms with Crippen molar-refractivity contribution in [2.45, 2.75) is 42.4 Å². The molecule has 4 aromatic rings. The summed E-state index contributed by atoms with van der Waals surface area (Å²) in [6.45, 7) is 4.59. The molecule has 0 aliphatic carbocycles. The number of pyridine rings is 1. The van der Waals surface area contributed by atoms with E-state index in [1.54, 1.807) is 12.1 Å². The smallest absolute Gasteiger partial charge is 0.359 e. The van der Waals surface area contributed by atoms with E-state index < -0.39 is 32.8 Å². The van der Waals surface area contributed by atoms with Crippen LogP contribution in [0.25, 0.3) is 22.3 Å². The van der Waals surface area contributed by atoms with Gasteiger partial charge in [0.1, 0.15) is 17.0 Å². The highest BCUT2D eigenvalue weighted by Gasteiger charge is 2.31. The number of fused-ring (bicyclic) bond motifs is 1. The lowest BCUT2D eigenvalue weighted by Crippen LogP contribution is -2.50. The van der Waals surface area contributed by atoms with E-state index in [-0.39, 0.29) is 55.9 Å². The maximum absolute atomic E-state index is 13.6. The van der Waals surface area contributed by atoms with Crippen LogP contribution in [0.4, 0.5) is 24.9 Å². The number of nitrogens with one attached hydrogen (secondary N) is 2. The van der Waals surface area contributed by atoms with Crippen molar-refractivity contribution in [3.05, 3.63) is 65.2 Å². The standard InChI is InChI=1S/C29H32ClF3N8O4S2/c1-18(2)40-11-13-41(14-12-40)47(44,45)25-15-20(5-8-22(25)30)23-9-10-24-26(37-23)27(36-17-29(31,32)33)39-28(38-24)35-16-19-3-6-21(7-4-19)46(34,42)43/h3-10,15,18H,11-14,16-17H2,1-2H3,(H2,34,42,43)(H2,35,36,38,39). The highest BCUT2D eigenvalue weighted by molar-refractivity contribution is 7.89. The van der Waals surface area contributed by atoms with Crippen LogP contribution < -0.4 is 15.8 Å². The number of halogens is 4. The lowest BCUT2D eigenvalue weighted by molar-refractivity contribution is -0.115. The summed E-state index contributed by atoms with van der Waals surface area (Å²) in [7, 11) is -7.82. The number of aromatic nitrogens is 3. The van der Waals surface area contributed by atoms with Gasteiger partial charge in [-0.15, -0.1) is 0 Å². The van der Waals surface area contributed by atoms with Crippen LogP contribution in [0.15, 0.2) is 64.4 Å². The molecule has 18 heteroatoms. The summed E-state index contributed by atoms with van der Waals surface area (Å²) >= 11 is 6.38. The van der Waals surface area contributed by atoms with Crippen LogP contribution in [0.1, 0.15) is 19.4 Å². The van der Waals surface area contributed by atoms with Crippen LogP contribution in [0.2, 0.25) is 5.02 Å². The van der Waals surface area contributed by atoms with Gasteiger partial charge in [0.2, 0.25) is 26.0 Å². The van der Waals surface area contributed by atoms with Crippen molar-refractivity contribution in [2.75, 3.05) is 43.4 Å². The minimum atomic E-state index is -4.56. The Hall–Kier alpha value is -3.61. The van der Waals surface area contributed by atoms with Gasteiger partial charge in [0.05, 0.1) is 21.1 Å². The van der Waals surface area contributed by atoms with Crippen LogP contribution in [0, 0.1) is 0 Å². The highest BCUT2D eigenvalue weighted by Crippen LogP contribution is 2.32.